The quantitative estimate of drug-likeness (QED) is 0.915. The van der Waals surface area contributed by atoms with Crippen LogP contribution < -0.4 is 5.32 Å². The molecule has 0 aromatic heterocycles. The Hall–Kier alpha value is -2.17. The van der Waals surface area contributed by atoms with E-state index < -0.39 is 0 Å². The zero-order chi connectivity index (χ0) is 17.8. The van der Waals surface area contributed by atoms with E-state index in [1.54, 1.807) is 0 Å². The van der Waals surface area contributed by atoms with Crippen molar-refractivity contribution >= 4 is 17.5 Å². The van der Waals surface area contributed by atoms with Gasteiger partial charge in [0.25, 0.3) is 0 Å². The molecule has 1 fully saturated rings. The third-order valence-corrected chi connectivity index (χ3v) is 5.24. The Morgan fingerprint density at radius 3 is 2.64 bits per heavy atom. The van der Waals surface area contributed by atoms with Crippen molar-refractivity contribution in [3.63, 3.8) is 0 Å². The summed E-state index contributed by atoms with van der Waals surface area (Å²) in [7, 11) is 0. The van der Waals surface area contributed by atoms with Gasteiger partial charge in [0.05, 0.1) is 5.71 Å². The van der Waals surface area contributed by atoms with Gasteiger partial charge < -0.3 is 5.32 Å². The maximum Gasteiger partial charge on any atom is 0.243 e. The number of hydrogen-bond donors (Lipinski definition) is 1. The topological polar surface area (TPSA) is 61.8 Å². The van der Waals surface area contributed by atoms with Crippen LogP contribution in [-0.4, -0.2) is 35.1 Å². The van der Waals surface area contributed by atoms with Crippen LogP contribution in [0.4, 0.5) is 0 Å². The molecule has 1 aliphatic heterocycles. The molecule has 1 aromatic rings. The number of amides is 2. The van der Waals surface area contributed by atoms with E-state index in [-0.39, 0.29) is 24.4 Å². The highest BCUT2D eigenvalue weighted by Crippen LogP contribution is 2.23. The molecular weight excluding hydrogens is 314 g/mol. The number of nitrogens with one attached hydrogen (secondary N) is 1. The largest absolute Gasteiger partial charge is 0.351 e. The van der Waals surface area contributed by atoms with Crippen LogP contribution in [0.1, 0.15) is 56.6 Å². The zero-order valence-electron chi connectivity index (χ0n) is 15.1. The van der Waals surface area contributed by atoms with Crippen molar-refractivity contribution in [1.82, 2.24) is 10.3 Å². The van der Waals surface area contributed by atoms with E-state index in [1.165, 1.54) is 17.0 Å². The Bertz CT molecular complexity index is 666. The van der Waals surface area contributed by atoms with Crippen molar-refractivity contribution in [3.05, 3.63) is 35.4 Å². The lowest BCUT2D eigenvalue weighted by Gasteiger charge is -2.30. The number of hydrogen-bond acceptors (Lipinski definition) is 3. The summed E-state index contributed by atoms with van der Waals surface area (Å²) in [5.74, 6) is 0.310. The maximum atomic E-state index is 12.4. The Kier molecular flexibility index (Phi) is 5.51. The second kappa shape index (κ2) is 7.81. The van der Waals surface area contributed by atoms with Crippen LogP contribution in [0.25, 0.3) is 0 Å². The molecular formula is C20H27N3O2. The van der Waals surface area contributed by atoms with Gasteiger partial charge in [-0.1, -0.05) is 49.6 Å². The smallest absolute Gasteiger partial charge is 0.243 e. The second-order valence-electron chi connectivity index (χ2n) is 7.30. The fraction of sp³-hybridized carbons (Fsp3) is 0.550. The third-order valence-electron chi connectivity index (χ3n) is 5.24. The van der Waals surface area contributed by atoms with Crippen molar-refractivity contribution in [3.8, 4) is 0 Å². The molecule has 0 bridgehead atoms. The molecule has 1 aromatic carbocycles. The first-order valence-corrected chi connectivity index (χ1v) is 9.27. The molecule has 0 radical (unpaired) electrons. The molecule has 1 heterocycles. The summed E-state index contributed by atoms with van der Waals surface area (Å²) >= 11 is 0. The lowest BCUT2D eigenvalue weighted by molar-refractivity contribution is -0.136. The minimum absolute atomic E-state index is 0.0113. The molecule has 1 aliphatic carbocycles. The highest BCUT2D eigenvalue weighted by atomic mass is 16.2. The summed E-state index contributed by atoms with van der Waals surface area (Å²) in [6.07, 6.45) is 5.61. The summed E-state index contributed by atoms with van der Waals surface area (Å²) < 4.78 is 0. The highest BCUT2D eigenvalue weighted by Gasteiger charge is 2.26. The molecule has 5 heteroatoms. The minimum atomic E-state index is -0.110. The summed E-state index contributed by atoms with van der Waals surface area (Å²) in [4.78, 5) is 24.5. The van der Waals surface area contributed by atoms with Crippen LogP contribution in [0, 0.1) is 12.8 Å². The van der Waals surface area contributed by atoms with E-state index in [2.05, 4.69) is 17.3 Å². The fourth-order valence-corrected chi connectivity index (χ4v) is 3.60. The first-order chi connectivity index (χ1) is 12.0. The molecule has 2 atom stereocenters. The number of nitrogens with zero attached hydrogens (tertiary/aromatic N) is 2. The summed E-state index contributed by atoms with van der Waals surface area (Å²) in [6.45, 7) is 4.24. The first kappa shape index (κ1) is 17.6. The van der Waals surface area contributed by atoms with Gasteiger partial charge in [0.2, 0.25) is 11.8 Å². The zero-order valence-corrected chi connectivity index (χ0v) is 15.1. The van der Waals surface area contributed by atoms with Gasteiger partial charge in [0, 0.05) is 18.9 Å². The van der Waals surface area contributed by atoms with Crippen LogP contribution in [0.15, 0.2) is 29.4 Å². The number of carbonyl (C=O) groups excluding carboxylic acids is 2. The van der Waals surface area contributed by atoms with Crippen LogP contribution in [0.3, 0.4) is 0 Å². The van der Waals surface area contributed by atoms with E-state index in [9.17, 15) is 9.59 Å². The SMILES string of the molecule is Cc1ccc(C2=NN(CC(=O)NC3CCCCC3C)C(=O)CC2)cc1. The van der Waals surface area contributed by atoms with Crippen molar-refractivity contribution in [1.29, 1.82) is 0 Å². The Morgan fingerprint density at radius 1 is 1.20 bits per heavy atom. The van der Waals surface area contributed by atoms with Crippen LogP contribution in [0.2, 0.25) is 0 Å². The van der Waals surface area contributed by atoms with Crippen molar-refractivity contribution < 1.29 is 9.59 Å². The molecule has 2 aliphatic rings. The molecule has 1 saturated carbocycles. The van der Waals surface area contributed by atoms with Crippen molar-refractivity contribution in [2.24, 2.45) is 11.0 Å². The molecule has 2 unspecified atom stereocenters. The standard InChI is InChI=1S/C20H27N3O2/c1-14-7-9-16(10-8-14)18-11-12-20(25)23(22-18)13-19(24)21-17-6-4-3-5-15(17)2/h7-10,15,17H,3-6,11-13H2,1-2H3,(H,21,24). The third kappa shape index (κ3) is 4.47. The molecule has 25 heavy (non-hydrogen) atoms. The molecule has 5 nitrogen and oxygen atoms in total. The summed E-state index contributed by atoms with van der Waals surface area (Å²) in [6, 6.07) is 8.34. The van der Waals surface area contributed by atoms with Gasteiger partial charge in [0.15, 0.2) is 0 Å². The average Bonchev–Trinajstić information content (AvgIpc) is 2.60. The van der Waals surface area contributed by atoms with E-state index in [4.69, 9.17) is 0 Å². The molecule has 3 rings (SSSR count). The van der Waals surface area contributed by atoms with Crippen molar-refractivity contribution in [2.75, 3.05) is 6.54 Å². The minimum Gasteiger partial charge on any atom is -0.351 e. The van der Waals surface area contributed by atoms with Gasteiger partial charge >= 0.3 is 0 Å². The molecule has 2 amide bonds. The Labute approximate surface area is 149 Å². The van der Waals surface area contributed by atoms with E-state index >= 15 is 0 Å². The van der Waals surface area contributed by atoms with Crippen LogP contribution in [-0.2, 0) is 9.59 Å². The number of hydrazone groups is 1. The highest BCUT2D eigenvalue weighted by molar-refractivity contribution is 6.04. The van der Waals surface area contributed by atoms with E-state index in [0.717, 1.165) is 30.5 Å². The van der Waals surface area contributed by atoms with Crippen LogP contribution in [0.5, 0.6) is 0 Å². The number of benzene rings is 1. The molecule has 134 valence electrons. The van der Waals surface area contributed by atoms with Gasteiger partial charge in [-0.15, -0.1) is 0 Å². The number of rotatable bonds is 4. The predicted octanol–water partition coefficient (Wildman–Crippen LogP) is 3.02. The molecule has 1 N–H and O–H groups in total. The average molecular weight is 341 g/mol. The predicted molar refractivity (Wildman–Crippen MR) is 98.2 cm³/mol. The first-order valence-electron chi connectivity index (χ1n) is 9.27. The van der Waals surface area contributed by atoms with E-state index in [1.807, 2.05) is 31.2 Å². The normalized spacial score (nSPS) is 24.0. The molecule has 0 saturated heterocycles. The number of aryl methyl sites for hydroxylation is 1. The Morgan fingerprint density at radius 2 is 1.92 bits per heavy atom. The summed E-state index contributed by atoms with van der Waals surface area (Å²) in [5, 5.41) is 8.89. The van der Waals surface area contributed by atoms with Gasteiger partial charge in [-0.2, -0.15) is 5.10 Å². The van der Waals surface area contributed by atoms with Gasteiger partial charge in [0.1, 0.15) is 6.54 Å². The lowest BCUT2D eigenvalue weighted by Crippen LogP contribution is -2.46. The monoisotopic (exact) mass is 341 g/mol. The Balaban J connectivity index is 1.65. The summed E-state index contributed by atoms with van der Waals surface area (Å²) in [5.41, 5.74) is 3.08. The lowest BCUT2D eigenvalue weighted by atomic mass is 9.86. The number of carbonyl (C=O) groups is 2. The fourth-order valence-electron chi connectivity index (χ4n) is 3.60. The van der Waals surface area contributed by atoms with E-state index in [0.29, 0.717) is 18.8 Å². The molecule has 0 spiro atoms. The van der Waals surface area contributed by atoms with Gasteiger partial charge in [-0.25, -0.2) is 5.01 Å². The van der Waals surface area contributed by atoms with Gasteiger partial charge in [-0.3, -0.25) is 9.59 Å². The van der Waals surface area contributed by atoms with Crippen LogP contribution >= 0.6 is 0 Å². The van der Waals surface area contributed by atoms with Gasteiger partial charge in [-0.05, 0) is 31.2 Å². The second-order valence-corrected chi connectivity index (χ2v) is 7.30. The maximum absolute atomic E-state index is 12.4. The van der Waals surface area contributed by atoms with Crippen molar-refractivity contribution in [2.45, 2.75) is 58.4 Å².